The Labute approximate surface area is 190 Å². The summed E-state index contributed by atoms with van der Waals surface area (Å²) < 4.78 is 38.6. The molecule has 0 bridgehead atoms. The number of ether oxygens (including phenoxy) is 2. The summed E-state index contributed by atoms with van der Waals surface area (Å²) in [4.78, 5) is 15.0. The van der Waals surface area contributed by atoms with Gasteiger partial charge in [-0.2, -0.15) is 0 Å². The van der Waals surface area contributed by atoms with E-state index in [1.165, 1.54) is 12.1 Å². The van der Waals surface area contributed by atoms with Crippen LogP contribution in [0.2, 0.25) is 0 Å². The lowest BCUT2D eigenvalue weighted by molar-refractivity contribution is -0.119. The number of hydrogen-bond donors (Lipinski definition) is 1. The van der Waals surface area contributed by atoms with Crippen molar-refractivity contribution in [2.45, 2.75) is 18.2 Å². The molecule has 0 spiro atoms. The minimum Gasteiger partial charge on any atom is -0.494 e. The highest BCUT2D eigenvalue weighted by molar-refractivity contribution is 7.92. The highest BCUT2D eigenvalue weighted by Crippen LogP contribution is 2.25. The standard InChI is InChI=1S/C23H31N3O5S/c1-2-31-21-9-11-22(12-10-21)32(28,29)26(20-7-4-3-5-8-20)19-23(27)24-13-6-14-25-15-17-30-18-16-25/h3-5,7-12H,2,6,13-19H2,1H3,(H,24,27). The first-order chi connectivity index (χ1) is 15.5. The normalized spacial score (nSPS) is 14.7. The van der Waals surface area contributed by atoms with Crippen molar-refractivity contribution in [1.82, 2.24) is 10.2 Å². The molecule has 0 aromatic heterocycles. The Kier molecular flexibility index (Phi) is 8.90. The maximum Gasteiger partial charge on any atom is 0.264 e. The number of rotatable bonds is 11. The van der Waals surface area contributed by atoms with E-state index < -0.39 is 10.0 Å². The van der Waals surface area contributed by atoms with Gasteiger partial charge in [-0.25, -0.2) is 8.42 Å². The minimum absolute atomic E-state index is 0.102. The van der Waals surface area contributed by atoms with E-state index in [-0.39, 0.29) is 17.3 Å². The van der Waals surface area contributed by atoms with Gasteiger partial charge in [-0.05, 0) is 56.3 Å². The van der Waals surface area contributed by atoms with Gasteiger partial charge in [0.15, 0.2) is 0 Å². The fraction of sp³-hybridized carbons (Fsp3) is 0.435. The molecule has 0 aliphatic carbocycles. The zero-order valence-corrected chi connectivity index (χ0v) is 19.2. The second-order valence-corrected chi connectivity index (χ2v) is 9.27. The molecule has 1 heterocycles. The molecule has 2 aromatic carbocycles. The molecule has 1 amide bonds. The summed E-state index contributed by atoms with van der Waals surface area (Å²) in [5.74, 6) is 0.251. The van der Waals surface area contributed by atoms with Gasteiger partial charge in [0.2, 0.25) is 5.91 Å². The Hall–Kier alpha value is -2.62. The first-order valence-electron chi connectivity index (χ1n) is 10.9. The van der Waals surface area contributed by atoms with Crippen molar-refractivity contribution in [2.75, 3.05) is 56.8 Å². The Balaban J connectivity index is 1.65. The van der Waals surface area contributed by atoms with Gasteiger partial charge in [-0.15, -0.1) is 0 Å². The van der Waals surface area contributed by atoms with Gasteiger partial charge >= 0.3 is 0 Å². The molecule has 174 valence electrons. The first kappa shape index (κ1) is 24.0. The summed E-state index contributed by atoms with van der Waals surface area (Å²) in [6, 6.07) is 14.9. The SMILES string of the molecule is CCOc1ccc(S(=O)(=O)N(CC(=O)NCCCN2CCOCC2)c2ccccc2)cc1. The second-order valence-electron chi connectivity index (χ2n) is 7.41. The number of para-hydroxylation sites is 1. The molecule has 0 saturated carbocycles. The van der Waals surface area contributed by atoms with E-state index in [4.69, 9.17) is 9.47 Å². The lowest BCUT2D eigenvalue weighted by Gasteiger charge is -2.26. The highest BCUT2D eigenvalue weighted by Gasteiger charge is 2.27. The smallest absolute Gasteiger partial charge is 0.264 e. The molecule has 9 heteroatoms. The fourth-order valence-electron chi connectivity index (χ4n) is 3.45. The van der Waals surface area contributed by atoms with Crippen LogP contribution in [0, 0.1) is 0 Å². The molecular formula is C23H31N3O5S. The molecule has 8 nitrogen and oxygen atoms in total. The fourth-order valence-corrected chi connectivity index (χ4v) is 4.87. The summed E-state index contributed by atoms with van der Waals surface area (Å²) in [7, 11) is -3.93. The maximum absolute atomic E-state index is 13.4. The van der Waals surface area contributed by atoms with E-state index in [1.807, 2.05) is 6.92 Å². The number of sulfonamides is 1. The van der Waals surface area contributed by atoms with Gasteiger partial charge in [-0.1, -0.05) is 18.2 Å². The lowest BCUT2D eigenvalue weighted by Crippen LogP contribution is -2.42. The van der Waals surface area contributed by atoms with E-state index in [2.05, 4.69) is 10.2 Å². The van der Waals surface area contributed by atoms with Crippen molar-refractivity contribution in [1.29, 1.82) is 0 Å². The van der Waals surface area contributed by atoms with Gasteiger partial charge in [0, 0.05) is 19.6 Å². The molecule has 1 aliphatic rings. The van der Waals surface area contributed by atoms with Crippen molar-refractivity contribution < 1.29 is 22.7 Å². The van der Waals surface area contributed by atoms with Gasteiger partial charge in [0.1, 0.15) is 12.3 Å². The summed E-state index contributed by atoms with van der Waals surface area (Å²) in [5.41, 5.74) is 0.435. The molecule has 1 N–H and O–H groups in total. The third-order valence-electron chi connectivity index (χ3n) is 5.13. The highest BCUT2D eigenvalue weighted by atomic mass is 32.2. The van der Waals surface area contributed by atoms with Crippen LogP contribution in [0.3, 0.4) is 0 Å². The number of hydrogen-bond acceptors (Lipinski definition) is 6. The quantitative estimate of drug-likeness (QED) is 0.516. The zero-order chi connectivity index (χ0) is 22.8. The molecule has 1 aliphatic heterocycles. The van der Waals surface area contributed by atoms with Crippen molar-refractivity contribution in [3.8, 4) is 5.75 Å². The van der Waals surface area contributed by atoms with Crippen LogP contribution in [0.15, 0.2) is 59.5 Å². The molecule has 1 saturated heterocycles. The third-order valence-corrected chi connectivity index (χ3v) is 6.92. The number of amides is 1. The molecule has 1 fully saturated rings. The summed E-state index contributed by atoms with van der Waals surface area (Å²) in [5, 5.41) is 2.85. The molecule has 3 rings (SSSR count). The zero-order valence-electron chi connectivity index (χ0n) is 18.4. The second kappa shape index (κ2) is 11.8. The first-order valence-corrected chi connectivity index (χ1v) is 12.3. The van der Waals surface area contributed by atoms with Crippen molar-refractivity contribution in [2.24, 2.45) is 0 Å². The van der Waals surface area contributed by atoms with E-state index in [9.17, 15) is 13.2 Å². The van der Waals surface area contributed by atoms with Gasteiger partial charge in [0.25, 0.3) is 10.0 Å². The Morgan fingerprint density at radius 1 is 1.09 bits per heavy atom. The number of nitrogens with one attached hydrogen (secondary N) is 1. The molecule has 0 radical (unpaired) electrons. The number of nitrogens with zero attached hydrogens (tertiary/aromatic N) is 2. The van der Waals surface area contributed by atoms with Gasteiger partial charge in [0.05, 0.1) is 30.4 Å². The summed E-state index contributed by atoms with van der Waals surface area (Å²) in [6.07, 6.45) is 0.794. The van der Waals surface area contributed by atoms with Crippen LogP contribution in [-0.4, -0.2) is 71.8 Å². The van der Waals surface area contributed by atoms with E-state index in [1.54, 1.807) is 42.5 Å². The molecule has 2 aromatic rings. The van der Waals surface area contributed by atoms with Crippen LogP contribution in [0.25, 0.3) is 0 Å². The van der Waals surface area contributed by atoms with Crippen LogP contribution in [0.5, 0.6) is 5.75 Å². The van der Waals surface area contributed by atoms with Crippen molar-refractivity contribution in [3.63, 3.8) is 0 Å². The minimum atomic E-state index is -3.93. The number of anilines is 1. The Morgan fingerprint density at radius 2 is 1.78 bits per heavy atom. The van der Waals surface area contributed by atoms with E-state index in [0.29, 0.717) is 24.6 Å². The summed E-state index contributed by atoms with van der Waals surface area (Å²) >= 11 is 0. The Morgan fingerprint density at radius 3 is 2.44 bits per heavy atom. The Bertz CT molecular complexity index is 945. The molecule has 32 heavy (non-hydrogen) atoms. The average molecular weight is 462 g/mol. The van der Waals surface area contributed by atoms with Crippen LogP contribution < -0.4 is 14.4 Å². The number of carbonyl (C=O) groups excluding carboxylic acids is 1. The molecule has 0 unspecified atom stereocenters. The van der Waals surface area contributed by atoms with Crippen LogP contribution in [0.1, 0.15) is 13.3 Å². The number of benzene rings is 2. The number of morpholine rings is 1. The van der Waals surface area contributed by atoms with Crippen molar-refractivity contribution >= 4 is 21.6 Å². The maximum atomic E-state index is 13.4. The number of carbonyl (C=O) groups is 1. The van der Waals surface area contributed by atoms with Gasteiger partial charge < -0.3 is 14.8 Å². The molecule has 0 atom stereocenters. The summed E-state index contributed by atoms with van der Waals surface area (Å²) in [6.45, 7) is 6.70. The van der Waals surface area contributed by atoms with Gasteiger partial charge in [-0.3, -0.25) is 14.0 Å². The topological polar surface area (TPSA) is 88.2 Å². The predicted octanol–water partition coefficient (Wildman–Crippen LogP) is 2.12. The van der Waals surface area contributed by atoms with Crippen LogP contribution in [0.4, 0.5) is 5.69 Å². The largest absolute Gasteiger partial charge is 0.494 e. The lowest BCUT2D eigenvalue weighted by atomic mass is 10.3. The van der Waals surface area contributed by atoms with E-state index >= 15 is 0 Å². The van der Waals surface area contributed by atoms with Crippen LogP contribution >= 0.6 is 0 Å². The van der Waals surface area contributed by atoms with Crippen LogP contribution in [-0.2, 0) is 19.6 Å². The monoisotopic (exact) mass is 461 g/mol. The van der Waals surface area contributed by atoms with Crippen molar-refractivity contribution in [3.05, 3.63) is 54.6 Å². The molecular weight excluding hydrogens is 430 g/mol. The van der Waals surface area contributed by atoms with E-state index in [0.717, 1.165) is 43.6 Å². The predicted molar refractivity (Wildman–Crippen MR) is 123 cm³/mol. The average Bonchev–Trinajstić information content (AvgIpc) is 2.82. The third kappa shape index (κ3) is 6.69.